The van der Waals surface area contributed by atoms with Crippen molar-refractivity contribution in [3.63, 3.8) is 0 Å². The SMILES string of the molecule is O=C(Oc1ccccc1F)c1cc2ccccc2o1. The average Bonchev–Trinajstić information content (AvgIpc) is 2.85. The maximum absolute atomic E-state index is 13.4. The Morgan fingerprint density at radius 3 is 2.58 bits per heavy atom. The van der Waals surface area contributed by atoms with Crippen LogP contribution in [0.1, 0.15) is 10.6 Å². The van der Waals surface area contributed by atoms with Crippen molar-refractivity contribution in [2.75, 3.05) is 0 Å². The molecule has 4 heteroatoms. The van der Waals surface area contributed by atoms with Crippen LogP contribution in [0.4, 0.5) is 4.39 Å². The van der Waals surface area contributed by atoms with E-state index in [-0.39, 0.29) is 11.5 Å². The van der Waals surface area contributed by atoms with Crippen LogP contribution >= 0.6 is 0 Å². The Bertz CT molecular complexity index is 713. The Labute approximate surface area is 108 Å². The number of halogens is 1. The largest absolute Gasteiger partial charge is 0.449 e. The summed E-state index contributed by atoms with van der Waals surface area (Å²) < 4.78 is 23.7. The van der Waals surface area contributed by atoms with Gasteiger partial charge in [-0.3, -0.25) is 0 Å². The second-order valence-corrected chi connectivity index (χ2v) is 3.97. The smallest absolute Gasteiger partial charge is 0.379 e. The first-order valence-electron chi connectivity index (χ1n) is 5.69. The van der Waals surface area contributed by atoms with Crippen molar-refractivity contribution in [3.8, 4) is 5.75 Å². The van der Waals surface area contributed by atoms with Gasteiger partial charge in [0.05, 0.1) is 0 Å². The maximum atomic E-state index is 13.4. The second kappa shape index (κ2) is 4.57. The molecule has 0 bridgehead atoms. The highest BCUT2D eigenvalue weighted by Crippen LogP contribution is 2.21. The number of fused-ring (bicyclic) bond motifs is 1. The van der Waals surface area contributed by atoms with Gasteiger partial charge in [-0.2, -0.15) is 0 Å². The minimum absolute atomic E-state index is 0.0458. The number of para-hydroxylation sites is 2. The first-order chi connectivity index (χ1) is 9.24. The van der Waals surface area contributed by atoms with Crippen LogP contribution in [0.15, 0.2) is 59.0 Å². The highest BCUT2D eigenvalue weighted by Gasteiger charge is 2.16. The van der Waals surface area contributed by atoms with Gasteiger partial charge in [-0.15, -0.1) is 0 Å². The molecule has 0 spiro atoms. The van der Waals surface area contributed by atoms with Crippen molar-refractivity contribution in [1.82, 2.24) is 0 Å². The Hall–Kier alpha value is -2.62. The predicted octanol–water partition coefficient (Wildman–Crippen LogP) is 3.79. The van der Waals surface area contributed by atoms with E-state index in [1.165, 1.54) is 18.2 Å². The zero-order valence-electron chi connectivity index (χ0n) is 9.80. The lowest BCUT2D eigenvalue weighted by Gasteiger charge is -2.02. The van der Waals surface area contributed by atoms with E-state index in [0.29, 0.717) is 5.58 Å². The van der Waals surface area contributed by atoms with Crippen molar-refractivity contribution < 1.29 is 18.3 Å². The van der Waals surface area contributed by atoms with Crippen molar-refractivity contribution in [2.24, 2.45) is 0 Å². The molecule has 0 N–H and O–H groups in total. The number of carbonyl (C=O) groups excluding carboxylic acids is 1. The summed E-state index contributed by atoms with van der Waals surface area (Å²) in [4.78, 5) is 11.9. The van der Waals surface area contributed by atoms with Gasteiger partial charge in [0.2, 0.25) is 5.76 Å². The quantitative estimate of drug-likeness (QED) is 0.517. The zero-order valence-corrected chi connectivity index (χ0v) is 9.80. The first-order valence-corrected chi connectivity index (χ1v) is 5.69. The van der Waals surface area contributed by atoms with Gasteiger partial charge < -0.3 is 9.15 Å². The van der Waals surface area contributed by atoms with Gasteiger partial charge in [-0.1, -0.05) is 30.3 Å². The topological polar surface area (TPSA) is 39.4 Å². The third kappa shape index (κ3) is 2.20. The Morgan fingerprint density at radius 2 is 1.79 bits per heavy atom. The summed E-state index contributed by atoms with van der Waals surface area (Å²) in [5.74, 6) is -1.38. The lowest BCUT2D eigenvalue weighted by molar-refractivity contribution is 0.0697. The van der Waals surface area contributed by atoms with Gasteiger partial charge in [0.25, 0.3) is 0 Å². The molecule has 2 aromatic carbocycles. The molecule has 3 aromatic rings. The summed E-state index contributed by atoms with van der Waals surface area (Å²) in [6.45, 7) is 0. The van der Waals surface area contributed by atoms with Crippen LogP contribution in [0.2, 0.25) is 0 Å². The maximum Gasteiger partial charge on any atom is 0.379 e. The number of hydrogen-bond donors (Lipinski definition) is 0. The Balaban J connectivity index is 1.90. The first kappa shape index (κ1) is 11.5. The summed E-state index contributed by atoms with van der Waals surface area (Å²) in [6, 6.07) is 14.5. The normalized spacial score (nSPS) is 10.6. The number of carbonyl (C=O) groups is 1. The van der Waals surface area contributed by atoms with E-state index in [9.17, 15) is 9.18 Å². The molecule has 0 unspecified atom stereocenters. The van der Waals surface area contributed by atoms with Gasteiger partial charge in [0.1, 0.15) is 5.58 Å². The molecule has 0 aliphatic carbocycles. The molecule has 0 saturated carbocycles. The number of ether oxygens (including phenoxy) is 1. The molecule has 0 fully saturated rings. The molecule has 0 aliphatic heterocycles. The third-order valence-corrected chi connectivity index (χ3v) is 2.67. The highest BCUT2D eigenvalue weighted by atomic mass is 19.1. The van der Waals surface area contributed by atoms with Crippen molar-refractivity contribution in [2.45, 2.75) is 0 Å². The number of esters is 1. The number of hydrogen-bond acceptors (Lipinski definition) is 3. The fraction of sp³-hybridized carbons (Fsp3) is 0. The Kier molecular flexibility index (Phi) is 2.76. The summed E-state index contributed by atoms with van der Waals surface area (Å²) in [6.07, 6.45) is 0. The Morgan fingerprint density at radius 1 is 1.05 bits per heavy atom. The van der Waals surface area contributed by atoms with Crippen molar-refractivity contribution in [3.05, 3.63) is 66.2 Å². The summed E-state index contributed by atoms with van der Waals surface area (Å²) in [5.41, 5.74) is 0.586. The number of benzene rings is 2. The average molecular weight is 256 g/mol. The van der Waals surface area contributed by atoms with Crippen molar-refractivity contribution in [1.29, 1.82) is 0 Å². The van der Waals surface area contributed by atoms with Crippen LogP contribution in [0.25, 0.3) is 11.0 Å². The van der Waals surface area contributed by atoms with E-state index < -0.39 is 11.8 Å². The van der Waals surface area contributed by atoms with Crippen LogP contribution < -0.4 is 4.74 Å². The van der Waals surface area contributed by atoms with Crippen LogP contribution in [0.3, 0.4) is 0 Å². The molecule has 94 valence electrons. The standard InChI is InChI=1S/C15H9FO3/c16-11-6-2-4-8-13(11)19-15(17)14-9-10-5-1-3-7-12(10)18-14/h1-9H. The van der Waals surface area contributed by atoms with Crippen LogP contribution in [-0.2, 0) is 0 Å². The summed E-state index contributed by atoms with van der Waals surface area (Å²) in [7, 11) is 0. The van der Waals surface area contributed by atoms with Crippen molar-refractivity contribution >= 4 is 16.9 Å². The molecule has 1 heterocycles. The van der Waals surface area contributed by atoms with Crippen LogP contribution in [0.5, 0.6) is 5.75 Å². The minimum atomic E-state index is -0.721. The van der Waals surface area contributed by atoms with E-state index in [2.05, 4.69) is 0 Å². The zero-order chi connectivity index (χ0) is 13.2. The van der Waals surface area contributed by atoms with Crippen LogP contribution in [0, 0.1) is 5.82 Å². The molecule has 3 rings (SSSR count). The van der Waals surface area contributed by atoms with Gasteiger partial charge in [-0.25, -0.2) is 9.18 Å². The molecule has 3 nitrogen and oxygen atoms in total. The number of furan rings is 1. The van der Waals surface area contributed by atoms with Gasteiger partial charge >= 0.3 is 5.97 Å². The van der Waals surface area contributed by atoms with E-state index in [0.717, 1.165) is 5.39 Å². The second-order valence-electron chi connectivity index (χ2n) is 3.97. The fourth-order valence-electron chi connectivity index (χ4n) is 1.76. The molecular weight excluding hydrogens is 247 g/mol. The van der Waals surface area contributed by atoms with Gasteiger partial charge in [0, 0.05) is 5.39 Å². The molecule has 0 aliphatic rings. The van der Waals surface area contributed by atoms with E-state index >= 15 is 0 Å². The highest BCUT2D eigenvalue weighted by molar-refractivity contribution is 5.93. The fourth-order valence-corrected chi connectivity index (χ4v) is 1.76. The molecule has 1 aromatic heterocycles. The molecule has 0 amide bonds. The monoisotopic (exact) mass is 256 g/mol. The third-order valence-electron chi connectivity index (χ3n) is 2.67. The van der Waals surface area contributed by atoms with Gasteiger partial charge in [0.15, 0.2) is 11.6 Å². The molecule has 0 atom stereocenters. The lowest BCUT2D eigenvalue weighted by atomic mass is 10.2. The van der Waals surface area contributed by atoms with E-state index in [1.807, 2.05) is 12.1 Å². The molecular formula is C15H9FO3. The molecule has 0 saturated heterocycles. The summed E-state index contributed by atoms with van der Waals surface area (Å²) >= 11 is 0. The predicted molar refractivity (Wildman–Crippen MR) is 67.6 cm³/mol. The molecule has 19 heavy (non-hydrogen) atoms. The minimum Gasteiger partial charge on any atom is -0.449 e. The van der Waals surface area contributed by atoms with Gasteiger partial charge in [-0.05, 0) is 24.3 Å². The summed E-state index contributed by atoms with van der Waals surface area (Å²) in [5, 5.41) is 0.794. The van der Waals surface area contributed by atoms with E-state index in [1.54, 1.807) is 24.3 Å². The lowest BCUT2D eigenvalue weighted by Crippen LogP contribution is -2.08. The number of rotatable bonds is 2. The molecule has 0 radical (unpaired) electrons. The van der Waals surface area contributed by atoms with Crippen LogP contribution in [-0.4, -0.2) is 5.97 Å². The van der Waals surface area contributed by atoms with E-state index in [4.69, 9.17) is 9.15 Å².